The highest BCUT2D eigenvalue weighted by Crippen LogP contribution is 2.33. The van der Waals surface area contributed by atoms with Gasteiger partial charge in [-0.2, -0.15) is 0 Å². The number of amides is 1. The first-order chi connectivity index (χ1) is 9.09. The standard InChI is InChI=1S/C14H22N2O3/c1-10(14(18)19)15-9-13(17)16(12-7-8-12)11-5-3-2-4-6-11/h5,10,12,15H,2-4,6-9H2,1H3,(H,18,19)/t10-/m1/s1. The summed E-state index contributed by atoms with van der Waals surface area (Å²) in [5.74, 6) is -0.925. The van der Waals surface area contributed by atoms with Crippen LogP contribution < -0.4 is 5.32 Å². The number of hydrogen-bond donors (Lipinski definition) is 2. The van der Waals surface area contributed by atoms with Crippen molar-refractivity contribution in [3.8, 4) is 0 Å². The summed E-state index contributed by atoms with van der Waals surface area (Å²) in [5, 5.41) is 11.6. The highest BCUT2D eigenvalue weighted by molar-refractivity contribution is 5.82. The van der Waals surface area contributed by atoms with E-state index in [0.717, 1.165) is 37.8 Å². The van der Waals surface area contributed by atoms with Crippen LogP contribution in [0, 0.1) is 0 Å². The third-order valence-corrected chi connectivity index (χ3v) is 3.69. The lowest BCUT2D eigenvalue weighted by Gasteiger charge is -2.28. The third kappa shape index (κ3) is 3.80. The van der Waals surface area contributed by atoms with Gasteiger partial charge in [-0.25, -0.2) is 0 Å². The highest BCUT2D eigenvalue weighted by Gasteiger charge is 2.34. The second kappa shape index (κ2) is 6.19. The van der Waals surface area contributed by atoms with Gasteiger partial charge in [-0.3, -0.25) is 14.9 Å². The Balaban J connectivity index is 1.93. The number of nitrogens with one attached hydrogen (secondary N) is 1. The summed E-state index contributed by atoms with van der Waals surface area (Å²) in [5.41, 5.74) is 1.14. The predicted molar refractivity (Wildman–Crippen MR) is 71.5 cm³/mol. The molecule has 0 spiro atoms. The van der Waals surface area contributed by atoms with Gasteiger partial charge in [0, 0.05) is 11.7 Å². The van der Waals surface area contributed by atoms with Crippen LogP contribution in [-0.4, -0.2) is 40.5 Å². The summed E-state index contributed by atoms with van der Waals surface area (Å²) in [4.78, 5) is 24.9. The lowest BCUT2D eigenvalue weighted by molar-refractivity contribution is -0.139. The molecule has 2 aliphatic rings. The van der Waals surface area contributed by atoms with Crippen molar-refractivity contribution in [1.29, 1.82) is 0 Å². The first-order valence-electron chi connectivity index (χ1n) is 7.07. The fraction of sp³-hybridized carbons (Fsp3) is 0.714. The molecular formula is C14H22N2O3. The molecule has 1 atom stereocenters. The Morgan fingerprint density at radius 1 is 1.47 bits per heavy atom. The average molecular weight is 266 g/mol. The summed E-state index contributed by atoms with van der Waals surface area (Å²) in [6.45, 7) is 1.65. The van der Waals surface area contributed by atoms with E-state index in [1.165, 1.54) is 6.42 Å². The summed E-state index contributed by atoms with van der Waals surface area (Å²) in [6.07, 6.45) is 8.66. The van der Waals surface area contributed by atoms with Crippen LogP contribution in [0.5, 0.6) is 0 Å². The molecule has 0 aromatic carbocycles. The van der Waals surface area contributed by atoms with E-state index in [2.05, 4.69) is 11.4 Å². The Morgan fingerprint density at radius 3 is 2.74 bits per heavy atom. The zero-order valence-electron chi connectivity index (χ0n) is 11.4. The Morgan fingerprint density at radius 2 is 2.21 bits per heavy atom. The van der Waals surface area contributed by atoms with Crippen molar-refractivity contribution < 1.29 is 14.7 Å². The van der Waals surface area contributed by atoms with Crippen molar-refractivity contribution in [1.82, 2.24) is 10.2 Å². The van der Waals surface area contributed by atoms with Crippen LogP contribution in [0.25, 0.3) is 0 Å². The normalized spacial score (nSPS) is 20.6. The average Bonchev–Trinajstić information content (AvgIpc) is 3.22. The number of carboxylic acids is 1. The highest BCUT2D eigenvalue weighted by atomic mass is 16.4. The zero-order valence-corrected chi connectivity index (χ0v) is 11.4. The maximum absolute atomic E-state index is 12.3. The van der Waals surface area contributed by atoms with Crippen LogP contribution in [0.4, 0.5) is 0 Å². The maximum Gasteiger partial charge on any atom is 0.320 e. The monoisotopic (exact) mass is 266 g/mol. The van der Waals surface area contributed by atoms with E-state index in [1.54, 1.807) is 6.92 Å². The van der Waals surface area contributed by atoms with E-state index in [1.807, 2.05) is 4.90 Å². The maximum atomic E-state index is 12.3. The lowest BCUT2D eigenvalue weighted by atomic mass is 10.0. The summed E-state index contributed by atoms with van der Waals surface area (Å²) in [6, 6.07) is -0.343. The number of aliphatic carboxylic acids is 1. The number of rotatable bonds is 6. The van der Waals surface area contributed by atoms with Gasteiger partial charge in [-0.05, 0) is 45.4 Å². The van der Waals surface area contributed by atoms with Gasteiger partial charge in [0.2, 0.25) is 5.91 Å². The first kappa shape index (κ1) is 14.1. The minimum atomic E-state index is -0.928. The van der Waals surface area contributed by atoms with E-state index >= 15 is 0 Å². The van der Waals surface area contributed by atoms with E-state index in [0.29, 0.717) is 6.04 Å². The van der Waals surface area contributed by atoms with Crippen LogP contribution in [0.15, 0.2) is 11.8 Å². The molecule has 5 nitrogen and oxygen atoms in total. The molecule has 5 heteroatoms. The van der Waals surface area contributed by atoms with E-state index in [-0.39, 0.29) is 12.5 Å². The van der Waals surface area contributed by atoms with E-state index < -0.39 is 12.0 Å². The smallest absolute Gasteiger partial charge is 0.320 e. The van der Waals surface area contributed by atoms with Crippen molar-refractivity contribution in [2.45, 2.75) is 57.5 Å². The molecular weight excluding hydrogens is 244 g/mol. The largest absolute Gasteiger partial charge is 0.480 e. The molecule has 0 aromatic rings. The predicted octanol–water partition coefficient (Wildman–Crippen LogP) is 1.50. The molecule has 19 heavy (non-hydrogen) atoms. The second-order valence-corrected chi connectivity index (χ2v) is 5.38. The fourth-order valence-corrected chi connectivity index (χ4v) is 2.38. The summed E-state index contributed by atoms with van der Waals surface area (Å²) in [7, 11) is 0. The van der Waals surface area contributed by atoms with Crippen LogP contribution in [-0.2, 0) is 9.59 Å². The van der Waals surface area contributed by atoms with Gasteiger partial charge in [-0.1, -0.05) is 6.08 Å². The minimum absolute atomic E-state index is 0.00347. The van der Waals surface area contributed by atoms with Gasteiger partial charge in [0.05, 0.1) is 6.54 Å². The van der Waals surface area contributed by atoms with Crippen LogP contribution >= 0.6 is 0 Å². The van der Waals surface area contributed by atoms with E-state index in [4.69, 9.17) is 5.11 Å². The van der Waals surface area contributed by atoms with Gasteiger partial charge in [0.15, 0.2) is 0 Å². The molecule has 2 N–H and O–H groups in total. The molecule has 2 rings (SSSR count). The lowest BCUT2D eigenvalue weighted by Crippen LogP contribution is -2.44. The molecule has 1 amide bonds. The molecule has 1 fully saturated rings. The quantitative estimate of drug-likeness (QED) is 0.764. The number of carbonyl (C=O) groups is 2. The fourth-order valence-electron chi connectivity index (χ4n) is 2.38. The zero-order chi connectivity index (χ0) is 13.8. The van der Waals surface area contributed by atoms with Crippen molar-refractivity contribution in [3.05, 3.63) is 11.8 Å². The van der Waals surface area contributed by atoms with Crippen molar-refractivity contribution in [2.75, 3.05) is 6.54 Å². The van der Waals surface area contributed by atoms with Crippen molar-refractivity contribution >= 4 is 11.9 Å². The number of nitrogens with zero attached hydrogens (tertiary/aromatic N) is 1. The Hall–Kier alpha value is -1.36. The molecule has 1 saturated carbocycles. The number of carboxylic acid groups (broad SMARTS) is 1. The second-order valence-electron chi connectivity index (χ2n) is 5.38. The SMILES string of the molecule is C[C@@H](NCC(=O)N(C1=CCCCC1)C1CC1)C(=O)O. The summed E-state index contributed by atoms with van der Waals surface area (Å²) < 4.78 is 0. The van der Waals surface area contributed by atoms with Gasteiger partial charge >= 0.3 is 5.97 Å². The molecule has 0 bridgehead atoms. The Kier molecular flexibility index (Phi) is 4.58. The number of hydrogen-bond acceptors (Lipinski definition) is 3. The van der Waals surface area contributed by atoms with Crippen molar-refractivity contribution in [3.63, 3.8) is 0 Å². The van der Waals surface area contributed by atoms with Crippen LogP contribution in [0.1, 0.15) is 45.4 Å². The third-order valence-electron chi connectivity index (χ3n) is 3.69. The topological polar surface area (TPSA) is 69.6 Å². The van der Waals surface area contributed by atoms with Gasteiger partial charge in [0.25, 0.3) is 0 Å². The minimum Gasteiger partial charge on any atom is -0.480 e. The molecule has 0 radical (unpaired) electrons. The molecule has 0 unspecified atom stereocenters. The number of allylic oxidation sites excluding steroid dienone is 2. The van der Waals surface area contributed by atoms with Gasteiger partial charge < -0.3 is 10.0 Å². The molecule has 0 saturated heterocycles. The van der Waals surface area contributed by atoms with Crippen LogP contribution in [0.3, 0.4) is 0 Å². The van der Waals surface area contributed by atoms with Crippen LogP contribution in [0.2, 0.25) is 0 Å². The first-order valence-corrected chi connectivity index (χ1v) is 7.07. The van der Waals surface area contributed by atoms with Gasteiger partial charge in [-0.15, -0.1) is 0 Å². The molecule has 0 aromatic heterocycles. The molecule has 0 heterocycles. The van der Waals surface area contributed by atoms with Gasteiger partial charge in [0.1, 0.15) is 6.04 Å². The van der Waals surface area contributed by atoms with Crippen molar-refractivity contribution in [2.24, 2.45) is 0 Å². The summed E-state index contributed by atoms with van der Waals surface area (Å²) >= 11 is 0. The Bertz CT molecular complexity index is 388. The molecule has 2 aliphatic carbocycles. The van der Waals surface area contributed by atoms with E-state index in [9.17, 15) is 9.59 Å². The Labute approximate surface area is 113 Å². The molecule has 0 aliphatic heterocycles. The number of carbonyl (C=O) groups excluding carboxylic acids is 1. The molecule has 106 valence electrons.